The number of aromatic nitrogens is 2. The molecule has 10 aromatic rings. The molecule has 4 heteroatoms. The average Bonchev–Trinajstić information content (AvgIpc) is 3.78. The smallest absolute Gasteiger partial charge is 0.242 e. The van der Waals surface area contributed by atoms with Crippen LogP contribution in [0.3, 0.4) is 0 Å². The lowest BCUT2D eigenvalue weighted by molar-refractivity contribution is 0.827. The molecule has 348 valence electrons. The van der Waals surface area contributed by atoms with Gasteiger partial charge in [0.05, 0.1) is 0 Å². The van der Waals surface area contributed by atoms with E-state index >= 15 is 0 Å². The van der Waals surface area contributed by atoms with Gasteiger partial charge in [0.15, 0.2) is 0 Å². The third-order valence-corrected chi connectivity index (χ3v) is 15.7. The molecule has 0 spiro atoms. The van der Waals surface area contributed by atoms with Crippen LogP contribution in [0.5, 0.6) is 0 Å². The molecule has 2 heterocycles. The molecule has 0 aliphatic rings. The highest BCUT2D eigenvalue weighted by Gasteiger charge is 2.31. The van der Waals surface area contributed by atoms with Gasteiger partial charge in [0.2, 0.25) is 13.4 Å². The molecule has 2 nitrogen and oxygen atoms in total. The summed E-state index contributed by atoms with van der Waals surface area (Å²) >= 11 is 0. The molecule has 10 rings (SSSR count). The van der Waals surface area contributed by atoms with Gasteiger partial charge < -0.3 is 9.13 Å². The molecule has 0 aliphatic carbocycles. The number of hydrogen-bond acceptors (Lipinski definition) is 0. The van der Waals surface area contributed by atoms with E-state index in [1.807, 2.05) is 0 Å². The molecular weight excluding hydrogens is 842 g/mol. The minimum atomic E-state index is 0.121. The van der Waals surface area contributed by atoms with E-state index in [9.17, 15) is 0 Å². The first-order valence-corrected chi connectivity index (χ1v) is 25.7. The van der Waals surface area contributed by atoms with E-state index in [4.69, 9.17) is 0 Å². The van der Waals surface area contributed by atoms with Crippen molar-refractivity contribution in [3.8, 4) is 0 Å². The maximum Gasteiger partial charge on any atom is 0.242 e. The number of nitrogens with zero attached hydrogens (tertiary/aromatic N) is 2. The number of hydrogen-bond donors (Lipinski definition) is 0. The Kier molecular flexibility index (Phi) is 12.2. The van der Waals surface area contributed by atoms with Crippen molar-refractivity contribution in [3.05, 3.63) is 199 Å². The second-order valence-electron chi connectivity index (χ2n) is 21.0. The molecule has 8 aromatic carbocycles. The Bertz CT molecular complexity index is 3320. The lowest BCUT2D eigenvalue weighted by Crippen LogP contribution is -2.55. The summed E-state index contributed by atoms with van der Waals surface area (Å²) in [4.78, 5) is 0. The summed E-state index contributed by atoms with van der Waals surface area (Å²) in [5.41, 5.74) is 32.0. The van der Waals surface area contributed by atoms with Crippen molar-refractivity contribution in [2.75, 3.05) is 0 Å². The molecule has 0 saturated carbocycles. The molecule has 0 N–H and O–H groups in total. The van der Waals surface area contributed by atoms with Crippen LogP contribution in [0.25, 0.3) is 55.8 Å². The van der Waals surface area contributed by atoms with Gasteiger partial charge in [0.25, 0.3) is 0 Å². The van der Waals surface area contributed by atoms with E-state index in [1.165, 1.54) is 154 Å². The van der Waals surface area contributed by atoms with Crippen molar-refractivity contribution < 1.29 is 0 Å². The van der Waals surface area contributed by atoms with Gasteiger partial charge >= 0.3 is 0 Å². The first kappa shape index (κ1) is 46.9. The fourth-order valence-corrected chi connectivity index (χ4v) is 13.3. The highest BCUT2D eigenvalue weighted by atomic mass is 15.0. The molecule has 2 aromatic heterocycles. The summed E-state index contributed by atoms with van der Waals surface area (Å²) in [5, 5.41) is 5.23. The molecule has 0 aliphatic heterocycles. The van der Waals surface area contributed by atoms with Crippen LogP contribution in [0.15, 0.2) is 121 Å². The van der Waals surface area contributed by atoms with Gasteiger partial charge in [-0.15, -0.1) is 0 Å². The minimum Gasteiger partial charge on any atom is -0.341 e. The van der Waals surface area contributed by atoms with Crippen LogP contribution in [0.1, 0.15) is 91.7 Å². The first-order valence-electron chi connectivity index (χ1n) is 25.7. The molecule has 0 amide bonds. The Morgan fingerprint density at radius 1 is 0.314 bits per heavy atom. The predicted molar refractivity (Wildman–Crippen MR) is 311 cm³/mol. The molecule has 0 bridgehead atoms. The predicted octanol–water partition coefficient (Wildman–Crippen LogP) is 12.8. The number of fused-ring (bicyclic) bond motifs is 6. The van der Waals surface area contributed by atoms with Crippen molar-refractivity contribution in [1.29, 1.82) is 0 Å². The third kappa shape index (κ3) is 8.04. The Balaban J connectivity index is 1.09. The fourth-order valence-electron chi connectivity index (χ4n) is 13.3. The molecule has 0 saturated heterocycles. The van der Waals surface area contributed by atoms with Crippen LogP contribution < -0.4 is 32.8 Å². The molecule has 0 unspecified atom stereocenters. The van der Waals surface area contributed by atoms with Crippen LogP contribution >= 0.6 is 0 Å². The largest absolute Gasteiger partial charge is 0.341 e. The number of rotatable bonds is 10. The highest BCUT2D eigenvalue weighted by molar-refractivity contribution is 6.97. The quantitative estimate of drug-likeness (QED) is 0.0956. The summed E-state index contributed by atoms with van der Waals surface area (Å²) in [7, 11) is 0. The van der Waals surface area contributed by atoms with Crippen LogP contribution in [0, 0.1) is 83.1 Å². The second-order valence-corrected chi connectivity index (χ2v) is 21.0. The monoisotopic (exact) mass is 911 g/mol. The summed E-state index contributed by atoms with van der Waals surface area (Å²) in [6.45, 7) is 33.9. The Hall–Kier alpha value is -6.77. The SMILES string of the molecule is CCn1c2ccc(/C=C/c3ccc4c(c3)c3cc(B(c5c(C)cc(C)cc5C)c5c(C)cc(C)cc5C)ccc3n4CC)cc2c2cc(B(c3c(C)cc(C)cc3C)c3c(C)cc(C)cc3C)ccc21. The van der Waals surface area contributed by atoms with Gasteiger partial charge in [-0.3, -0.25) is 0 Å². The van der Waals surface area contributed by atoms with E-state index in [1.54, 1.807) is 0 Å². The Labute approximate surface area is 418 Å². The summed E-state index contributed by atoms with van der Waals surface area (Å²) < 4.78 is 4.97. The standard InChI is InChI=1S/C66H68B2N2/c1-15-69-59-23-19-51(35-55(59)57-37-53(21-25-61(57)69)67(63-43(7)27-39(3)28-44(63)8)64-45(9)29-40(4)30-46(64)10)17-18-52-20-24-60-56(36-52)58-38-54(22-26-62(58)70(60)16-2)68(65-47(11)31-41(5)32-48(65)12)66-49(13)33-42(6)34-50(66)14/h17-38H,15-16H2,1-14H3/b18-17+. The topological polar surface area (TPSA) is 9.86 Å². The van der Waals surface area contributed by atoms with Gasteiger partial charge in [-0.05, 0) is 144 Å². The zero-order valence-electron chi connectivity index (χ0n) is 44.2. The highest BCUT2D eigenvalue weighted by Crippen LogP contribution is 2.33. The van der Waals surface area contributed by atoms with Gasteiger partial charge in [-0.25, -0.2) is 0 Å². The summed E-state index contributed by atoms with van der Waals surface area (Å²) in [6, 6.07) is 47.6. The Morgan fingerprint density at radius 3 is 0.814 bits per heavy atom. The lowest BCUT2D eigenvalue weighted by atomic mass is 9.34. The van der Waals surface area contributed by atoms with Crippen molar-refractivity contribution in [3.63, 3.8) is 0 Å². The maximum atomic E-state index is 2.51. The number of aryl methyl sites for hydroxylation is 14. The first-order chi connectivity index (χ1) is 33.5. The Morgan fingerprint density at radius 2 is 0.557 bits per heavy atom. The van der Waals surface area contributed by atoms with Gasteiger partial charge in [0.1, 0.15) is 0 Å². The van der Waals surface area contributed by atoms with Gasteiger partial charge in [-0.1, -0.05) is 197 Å². The molecule has 70 heavy (non-hydrogen) atoms. The van der Waals surface area contributed by atoms with Crippen molar-refractivity contribution in [2.24, 2.45) is 0 Å². The molecule has 0 radical (unpaired) electrons. The second kappa shape index (κ2) is 18.2. The van der Waals surface area contributed by atoms with Crippen LogP contribution in [-0.4, -0.2) is 22.6 Å². The van der Waals surface area contributed by atoms with Gasteiger partial charge in [0, 0.05) is 56.7 Å². The van der Waals surface area contributed by atoms with Crippen LogP contribution in [0.4, 0.5) is 0 Å². The summed E-state index contributed by atoms with van der Waals surface area (Å²) in [6.07, 6.45) is 4.62. The number of benzene rings is 8. The van der Waals surface area contributed by atoms with Gasteiger partial charge in [-0.2, -0.15) is 0 Å². The van der Waals surface area contributed by atoms with Crippen LogP contribution in [-0.2, 0) is 13.1 Å². The average molecular weight is 911 g/mol. The van der Waals surface area contributed by atoms with E-state index < -0.39 is 0 Å². The summed E-state index contributed by atoms with van der Waals surface area (Å²) in [5.74, 6) is 0. The zero-order valence-corrected chi connectivity index (χ0v) is 44.2. The van der Waals surface area contributed by atoms with E-state index in [0.29, 0.717) is 0 Å². The van der Waals surface area contributed by atoms with E-state index in [-0.39, 0.29) is 13.4 Å². The van der Waals surface area contributed by atoms with Crippen molar-refractivity contribution in [2.45, 2.75) is 110 Å². The third-order valence-electron chi connectivity index (χ3n) is 15.7. The van der Waals surface area contributed by atoms with Crippen molar-refractivity contribution in [1.82, 2.24) is 9.13 Å². The zero-order chi connectivity index (χ0) is 49.4. The van der Waals surface area contributed by atoms with Crippen LogP contribution in [0.2, 0.25) is 0 Å². The fraction of sp³-hybridized carbons (Fsp3) is 0.242. The normalized spacial score (nSPS) is 11.9. The molecule has 0 atom stereocenters. The molecular formula is C66H68B2N2. The molecule has 0 fully saturated rings. The van der Waals surface area contributed by atoms with E-state index in [0.717, 1.165) is 13.1 Å². The maximum absolute atomic E-state index is 2.51. The van der Waals surface area contributed by atoms with E-state index in [2.05, 4.69) is 240 Å². The lowest BCUT2D eigenvalue weighted by Gasteiger charge is -2.24. The minimum absolute atomic E-state index is 0.121. The van der Waals surface area contributed by atoms with Crippen molar-refractivity contribution >= 4 is 102 Å².